The van der Waals surface area contributed by atoms with Crippen molar-refractivity contribution in [1.29, 1.82) is 0 Å². The standard InChI is InChI=1S/C28H29N3O4/c1-17(2)24(31-28(34)35-16-18-10-4-3-5-11-18)27(33)30-25(26(29)32)23-21-14-8-6-12-19(21)20-13-7-9-15-22(20)23/h3-15,17,23-25H,16H2,1-2H3,(H2,29,32)(H,30,33)(H,31,34)/t24-,25+/m0/s1. The highest BCUT2D eigenvalue weighted by atomic mass is 16.5. The van der Waals surface area contributed by atoms with Crippen molar-refractivity contribution in [1.82, 2.24) is 10.6 Å². The predicted molar refractivity (Wildman–Crippen MR) is 133 cm³/mol. The van der Waals surface area contributed by atoms with Gasteiger partial charge >= 0.3 is 6.09 Å². The van der Waals surface area contributed by atoms with Crippen LogP contribution in [0, 0.1) is 5.92 Å². The first kappa shape index (κ1) is 24.0. The Kier molecular flexibility index (Phi) is 7.15. The number of benzene rings is 3. The number of primary amides is 1. The number of carbonyl (C=O) groups is 3. The summed E-state index contributed by atoms with van der Waals surface area (Å²) in [5.41, 5.74) is 10.5. The Hall–Kier alpha value is -4.13. The number of ether oxygens (including phenoxy) is 1. The number of nitrogens with one attached hydrogen (secondary N) is 2. The number of hydrogen-bond donors (Lipinski definition) is 3. The van der Waals surface area contributed by atoms with Crippen LogP contribution in [0.5, 0.6) is 0 Å². The van der Waals surface area contributed by atoms with Crippen LogP contribution in [0.15, 0.2) is 78.9 Å². The summed E-state index contributed by atoms with van der Waals surface area (Å²) in [7, 11) is 0. The van der Waals surface area contributed by atoms with Crippen molar-refractivity contribution in [3.05, 3.63) is 95.6 Å². The zero-order valence-electron chi connectivity index (χ0n) is 19.7. The smallest absolute Gasteiger partial charge is 0.408 e. The number of rotatable bonds is 8. The van der Waals surface area contributed by atoms with Crippen LogP contribution in [0.1, 0.15) is 36.5 Å². The monoisotopic (exact) mass is 471 g/mol. The summed E-state index contributed by atoms with van der Waals surface area (Å²) in [6.45, 7) is 3.70. The number of carbonyl (C=O) groups excluding carboxylic acids is 3. The normalized spacial score (nSPS) is 13.9. The lowest BCUT2D eigenvalue weighted by Crippen LogP contribution is -2.56. The molecule has 0 saturated carbocycles. The molecule has 1 aliphatic carbocycles. The minimum Gasteiger partial charge on any atom is -0.445 e. The van der Waals surface area contributed by atoms with Gasteiger partial charge in [0.2, 0.25) is 11.8 Å². The summed E-state index contributed by atoms with van der Waals surface area (Å²) in [5.74, 6) is -1.83. The molecule has 1 aliphatic rings. The third-order valence-electron chi connectivity index (χ3n) is 6.25. The number of alkyl carbamates (subject to hydrolysis) is 1. The largest absolute Gasteiger partial charge is 0.445 e. The molecule has 4 N–H and O–H groups in total. The van der Waals surface area contributed by atoms with E-state index < -0.39 is 35.9 Å². The molecular weight excluding hydrogens is 442 g/mol. The summed E-state index contributed by atoms with van der Waals surface area (Å²) in [6.07, 6.45) is -0.713. The van der Waals surface area contributed by atoms with Crippen molar-refractivity contribution in [3.63, 3.8) is 0 Å². The molecule has 7 nitrogen and oxygen atoms in total. The van der Waals surface area contributed by atoms with Crippen molar-refractivity contribution < 1.29 is 19.1 Å². The van der Waals surface area contributed by atoms with Gasteiger partial charge in [-0.05, 0) is 33.7 Å². The molecule has 180 valence electrons. The van der Waals surface area contributed by atoms with E-state index in [1.807, 2.05) is 78.9 Å². The lowest BCUT2D eigenvalue weighted by atomic mass is 9.88. The molecule has 0 saturated heterocycles. The number of amides is 3. The first-order chi connectivity index (χ1) is 16.9. The van der Waals surface area contributed by atoms with Crippen LogP contribution < -0.4 is 16.4 Å². The Labute approximate surface area is 204 Å². The molecule has 0 fully saturated rings. The van der Waals surface area contributed by atoms with E-state index in [9.17, 15) is 14.4 Å². The number of nitrogens with two attached hydrogens (primary N) is 1. The van der Waals surface area contributed by atoms with Crippen molar-refractivity contribution in [3.8, 4) is 11.1 Å². The Morgan fingerprint density at radius 3 is 1.91 bits per heavy atom. The second-order valence-corrected chi connectivity index (χ2v) is 8.97. The fraction of sp³-hybridized carbons (Fsp3) is 0.250. The van der Waals surface area contributed by atoms with E-state index in [4.69, 9.17) is 10.5 Å². The number of fused-ring (bicyclic) bond motifs is 3. The Balaban J connectivity index is 1.51. The van der Waals surface area contributed by atoms with E-state index in [0.717, 1.165) is 27.8 Å². The summed E-state index contributed by atoms with van der Waals surface area (Å²) in [4.78, 5) is 38.3. The van der Waals surface area contributed by atoms with Gasteiger partial charge < -0.3 is 21.1 Å². The molecule has 35 heavy (non-hydrogen) atoms. The van der Waals surface area contributed by atoms with Gasteiger partial charge in [-0.2, -0.15) is 0 Å². The van der Waals surface area contributed by atoms with Crippen molar-refractivity contribution >= 4 is 17.9 Å². The lowest BCUT2D eigenvalue weighted by molar-refractivity contribution is -0.129. The van der Waals surface area contributed by atoms with Gasteiger partial charge in [0.15, 0.2) is 0 Å². The van der Waals surface area contributed by atoms with Crippen LogP contribution in [-0.2, 0) is 20.9 Å². The van der Waals surface area contributed by atoms with Gasteiger partial charge in [0.05, 0.1) is 0 Å². The first-order valence-corrected chi connectivity index (χ1v) is 11.6. The summed E-state index contributed by atoms with van der Waals surface area (Å²) in [6, 6.07) is 22.9. The van der Waals surface area contributed by atoms with Crippen LogP contribution >= 0.6 is 0 Å². The van der Waals surface area contributed by atoms with Crippen LogP contribution in [0.3, 0.4) is 0 Å². The Bertz CT molecular complexity index is 1180. The molecule has 3 aromatic rings. The van der Waals surface area contributed by atoms with E-state index in [1.54, 1.807) is 13.8 Å². The zero-order valence-corrected chi connectivity index (χ0v) is 19.7. The fourth-order valence-electron chi connectivity index (χ4n) is 4.54. The van der Waals surface area contributed by atoms with Gasteiger partial charge in [-0.3, -0.25) is 9.59 Å². The molecule has 0 aliphatic heterocycles. The maximum Gasteiger partial charge on any atom is 0.408 e. The molecule has 7 heteroatoms. The highest BCUT2D eigenvalue weighted by molar-refractivity contribution is 5.93. The lowest BCUT2D eigenvalue weighted by Gasteiger charge is -2.28. The van der Waals surface area contributed by atoms with Crippen LogP contribution in [-0.4, -0.2) is 30.0 Å². The molecule has 0 spiro atoms. The Morgan fingerprint density at radius 2 is 1.37 bits per heavy atom. The average Bonchev–Trinajstić information content (AvgIpc) is 3.19. The average molecular weight is 472 g/mol. The summed E-state index contributed by atoms with van der Waals surface area (Å²) >= 11 is 0. The number of hydrogen-bond acceptors (Lipinski definition) is 4. The van der Waals surface area contributed by atoms with Gasteiger partial charge in [-0.25, -0.2) is 4.79 Å². The van der Waals surface area contributed by atoms with Gasteiger partial charge in [0.25, 0.3) is 0 Å². The van der Waals surface area contributed by atoms with Crippen LogP contribution in [0.25, 0.3) is 11.1 Å². The SMILES string of the molecule is CC(C)[C@H](NC(=O)OCc1ccccc1)C(=O)N[C@@H](C(N)=O)C1c2ccccc2-c2ccccc21. The predicted octanol–water partition coefficient (Wildman–Crippen LogP) is 3.72. The van der Waals surface area contributed by atoms with Gasteiger partial charge in [0, 0.05) is 5.92 Å². The second kappa shape index (κ2) is 10.4. The van der Waals surface area contributed by atoms with Crippen LogP contribution in [0.4, 0.5) is 4.79 Å². The quantitative estimate of drug-likeness (QED) is 0.465. The molecule has 3 aromatic carbocycles. The Morgan fingerprint density at radius 1 is 0.829 bits per heavy atom. The van der Waals surface area contributed by atoms with Crippen LogP contribution in [0.2, 0.25) is 0 Å². The topological polar surface area (TPSA) is 111 Å². The molecule has 3 amide bonds. The van der Waals surface area contributed by atoms with Gasteiger partial charge in [-0.15, -0.1) is 0 Å². The van der Waals surface area contributed by atoms with E-state index in [1.165, 1.54) is 0 Å². The van der Waals surface area contributed by atoms with Crippen molar-refractivity contribution in [2.75, 3.05) is 0 Å². The van der Waals surface area contributed by atoms with E-state index in [2.05, 4.69) is 10.6 Å². The van der Waals surface area contributed by atoms with Crippen molar-refractivity contribution in [2.45, 2.75) is 38.5 Å². The molecule has 2 atom stereocenters. The van der Waals surface area contributed by atoms with Gasteiger partial charge in [0.1, 0.15) is 18.7 Å². The third kappa shape index (κ3) is 5.19. The zero-order chi connectivity index (χ0) is 24.9. The first-order valence-electron chi connectivity index (χ1n) is 11.6. The van der Waals surface area contributed by atoms with E-state index in [0.29, 0.717) is 0 Å². The third-order valence-corrected chi connectivity index (χ3v) is 6.25. The summed E-state index contributed by atoms with van der Waals surface area (Å²) in [5, 5.41) is 5.45. The maximum absolute atomic E-state index is 13.3. The minimum absolute atomic E-state index is 0.0820. The van der Waals surface area contributed by atoms with E-state index >= 15 is 0 Å². The summed E-state index contributed by atoms with van der Waals surface area (Å²) < 4.78 is 5.28. The molecule has 4 rings (SSSR count). The molecule has 0 unspecified atom stereocenters. The fourth-order valence-corrected chi connectivity index (χ4v) is 4.54. The maximum atomic E-state index is 13.3. The highest BCUT2D eigenvalue weighted by Crippen LogP contribution is 2.46. The second-order valence-electron chi connectivity index (χ2n) is 8.97. The van der Waals surface area contributed by atoms with Gasteiger partial charge in [-0.1, -0.05) is 92.7 Å². The minimum atomic E-state index is -0.990. The molecule has 0 bridgehead atoms. The molecule has 0 heterocycles. The molecule has 0 radical (unpaired) electrons. The van der Waals surface area contributed by atoms with Crippen molar-refractivity contribution in [2.24, 2.45) is 11.7 Å². The highest BCUT2D eigenvalue weighted by Gasteiger charge is 2.39. The molecule has 0 aromatic heterocycles. The molecular formula is C28H29N3O4. The van der Waals surface area contributed by atoms with E-state index in [-0.39, 0.29) is 12.5 Å².